The molecule has 0 radical (unpaired) electrons. The second-order valence-corrected chi connectivity index (χ2v) is 4.96. The summed E-state index contributed by atoms with van der Waals surface area (Å²) in [6, 6.07) is 5.40. The van der Waals surface area contributed by atoms with E-state index >= 15 is 0 Å². The fourth-order valence-electron chi connectivity index (χ4n) is 1.76. The Hall–Kier alpha value is -1.39. The normalized spacial score (nSPS) is 12.4. The van der Waals surface area contributed by atoms with Crippen LogP contribution in [-0.2, 0) is 0 Å². The second-order valence-electron chi connectivity index (χ2n) is 4.12. The number of aromatic nitrogens is 2. The third kappa shape index (κ3) is 2.71. The van der Waals surface area contributed by atoms with Gasteiger partial charge in [0, 0.05) is 10.0 Å². The highest BCUT2D eigenvalue weighted by Crippen LogP contribution is 2.29. The summed E-state index contributed by atoms with van der Waals surface area (Å²) < 4.78 is 0. The van der Waals surface area contributed by atoms with Gasteiger partial charge in [-0.1, -0.05) is 29.3 Å². The predicted octanol–water partition coefficient (Wildman–Crippen LogP) is 3.78. The molecule has 6 heteroatoms. The summed E-state index contributed by atoms with van der Waals surface area (Å²) in [7, 11) is 0. The Morgan fingerprint density at radius 1 is 1.39 bits per heavy atom. The van der Waals surface area contributed by atoms with Crippen LogP contribution < -0.4 is 11.1 Å². The topological polar surface area (TPSA) is 66.7 Å². The highest BCUT2D eigenvalue weighted by molar-refractivity contribution is 6.35. The van der Waals surface area contributed by atoms with E-state index in [9.17, 15) is 0 Å². The molecule has 0 aliphatic heterocycles. The molecule has 18 heavy (non-hydrogen) atoms. The molecule has 2 aromatic rings. The van der Waals surface area contributed by atoms with Gasteiger partial charge in [-0.25, -0.2) is 4.98 Å². The Balaban J connectivity index is 2.21. The zero-order valence-electron chi connectivity index (χ0n) is 10.1. The molecule has 1 aromatic carbocycles. The zero-order chi connectivity index (χ0) is 13.3. The highest BCUT2D eigenvalue weighted by atomic mass is 35.5. The number of nitrogens with zero attached hydrogens (tertiary/aromatic N) is 1. The number of aromatic amines is 1. The molecule has 1 heterocycles. The molecule has 0 bridgehead atoms. The monoisotopic (exact) mass is 284 g/mol. The molecule has 2 rings (SSSR count). The number of nitrogens with two attached hydrogens (primary N) is 1. The molecule has 4 nitrogen and oxygen atoms in total. The van der Waals surface area contributed by atoms with Crippen molar-refractivity contribution in [1.82, 2.24) is 9.97 Å². The van der Waals surface area contributed by atoms with Crippen LogP contribution in [0.3, 0.4) is 0 Å². The quantitative estimate of drug-likeness (QED) is 0.804. The first-order chi connectivity index (χ1) is 8.47. The van der Waals surface area contributed by atoms with Crippen molar-refractivity contribution in [1.29, 1.82) is 0 Å². The lowest BCUT2D eigenvalue weighted by Crippen LogP contribution is -2.09. The molecule has 1 unspecified atom stereocenters. The average Bonchev–Trinajstić information content (AvgIpc) is 2.57. The van der Waals surface area contributed by atoms with E-state index in [1.165, 1.54) is 0 Å². The Morgan fingerprint density at radius 2 is 2.11 bits per heavy atom. The SMILES string of the molecule is Cc1nc(NC(C)c2ccc(Cl)cc2Cl)c(N)[nH]1. The lowest BCUT2D eigenvalue weighted by molar-refractivity contribution is 0.877. The van der Waals surface area contributed by atoms with Crippen molar-refractivity contribution in [3.05, 3.63) is 39.6 Å². The molecule has 96 valence electrons. The van der Waals surface area contributed by atoms with Crippen LogP contribution in [-0.4, -0.2) is 9.97 Å². The minimum absolute atomic E-state index is 0.0141. The first kappa shape index (κ1) is 13.1. The maximum atomic E-state index is 6.15. The van der Waals surface area contributed by atoms with E-state index in [2.05, 4.69) is 15.3 Å². The van der Waals surface area contributed by atoms with Crippen molar-refractivity contribution in [2.45, 2.75) is 19.9 Å². The first-order valence-corrected chi connectivity index (χ1v) is 6.26. The predicted molar refractivity (Wildman–Crippen MR) is 76.2 cm³/mol. The van der Waals surface area contributed by atoms with Crippen LogP contribution in [0.15, 0.2) is 18.2 Å². The number of rotatable bonds is 3. The van der Waals surface area contributed by atoms with Gasteiger partial charge in [-0.3, -0.25) is 0 Å². The summed E-state index contributed by atoms with van der Waals surface area (Å²) in [4.78, 5) is 7.20. The van der Waals surface area contributed by atoms with E-state index in [4.69, 9.17) is 28.9 Å². The Kier molecular flexibility index (Phi) is 3.68. The minimum atomic E-state index is -0.0141. The summed E-state index contributed by atoms with van der Waals surface area (Å²) in [5.74, 6) is 1.92. The number of benzene rings is 1. The van der Waals surface area contributed by atoms with Crippen molar-refractivity contribution in [3.8, 4) is 0 Å². The first-order valence-electron chi connectivity index (χ1n) is 5.51. The smallest absolute Gasteiger partial charge is 0.169 e. The number of imidazole rings is 1. The van der Waals surface area contributed by atoms with Crippen molar-refractivity contribution in [2.24, 2.45) is 0 Å². The summed E-state index contributed by atoms with van der Waals surface area (Å²) >= 11 is 12.0. The molecule has 0 saturated heterocycles. The van der Waals surface area contributed by atoms with Gasteiger partial charge in [-0.05, 0) is 31.5 Å². The van der Waals surface area contributed by atoms with Crippen LogP contribution in [0.5, 0.6) is 0 Å². The number of nitrogens with one attached hydrogen (secondary N) is 2. The molecular formula is C12H14Cl2N4. The van der Waals surface area contributed by atoms with Gasteiger partial charge in [-0.2, -0.15) is 0 Å². The molecule has 0 fully saturated rings. The van der Waals surface area contributed by atoms with Gasteiger partial charge >= 0.3 is 0 Å². The van der Waals surface area contributed by atoms with Crippen molar-refractivity contribution in [2.75, 3.05) is 11.1 Å². The van der Waals surface area contributed by atoms with Crippen LogP contribution in [0.4, 0.5) is 11.6 Å². The van der Waals surface area contributed by atoms with E-state index < -0.39 is 0 Å². The van der Waals surface area contributed by atoms with Crippen LogP contribution in [0.2, 0.25) is 10.0 Å². The molecule has 1 atom stereocenters. The number of H-pyrrole nitrogens is 1. The lowest BCUT2D eigenvalue weighted by Gasteiger charge is -2.15. The number of aryl methyl sites for hydroxylation is 1. The van der Waals surface area contributed by atoms with Gasteiger partial charge in [0.2, 0.25) is 0 Å². The van der Waals surface area contributed by atoms with Gasteiger partial charge < -0.3 is 16.0 Å². The molecule has 0 aliphatic carbocycles. The molecule has 1 aromatic heterocycles. The number of nitrogen functional groups attached to an aromatic ring is 1. The van der Waals surface area contributed by atoms with Crippen LogP contribution in [0.1, 0.15) is 24.4 Å². The molecule has 4 N–H and O–H groups in total. The third-order valence-electron chi connectivity index (χ3n) is 2.63. The largest absolute Gasteiger partial charge is 0.382 e. The lowest BCUT2D eigenvalue weighted by atomic mass is 10.1. The number of hydrogen-bond acceptors (Lipinski definition) is 3. The average molecular weight is 285 g/mol. The van der Waals surface area contributed by atoms with Gasteiger partial charge in [0.1, 0.15) is 11.6 Å². The Morgan fingerprint density at radius 3 is 2.67 bits per heavy atom. The van der Waals surface area contributed by atoms with Crippen molar-refractivity contribution >= 4 is 34.8 Å². The van der Waals surface area contributed by atoms with E-state index in [0.29, 0.717) is 21.7 Å². The summed E-state index contributed by atoms with van der Waals surface area (Å²) in [5, 5.41) is 4.45. The van der Waals surface area contributed by atoms with Crippen molar-refractivity contribution < 1.29 is 0 Å². The summed E-state index contributed by atoms with van der Waals surface area (Å²) in [6.07, 6.45) is 0. The van der Waals surface area contributed by atoms with Crippen molar-refractivity contribution in [3.63, 3.8) is 0 Å². The van der Waals surface area contributed by atoms with Crippen LogP contribution >= 0.6 is 23.2 Å². The van der Waals surface area contributed by atoms with Crippen LogP contribution in [0, 0.1) is 6.92 Å². The second kappa shape index (κ2) is 5.08. The molecular weight excluding hydrogens is 271 g/mol. The standard InChI is InChI=1S/C12H14Cl2N4/c1-6(9-4-3-8(13)5-10(9)14)16-12-11(15)17-7(2)18-12/h3-6,16H,15H2,1-2H3,(H,17,18). The molecule has 0 spiro atoms. The van der Waals surface area contributed by atoms with Gasteiger partial charge in [0.25, 0.3) is 0 Å². The van der Waals surface area contributed by atoms with E-state index in [1.807, 2.05) is 19.9 Å². The summed E-state index contributed by atoms with van der Waals surface area (Å²) in [6.45, 7) is 3.83. The van der Waals surface area contributed by atoms with E-state index in [1.54, 1.807) is 12.1 Å². The number of anilines is 2. The fraction of sp³-hybridized carbons (Fsp3) is 0.250. The van der Waals surface area contributed by atoms with Gasteiger partial charge in [0.15, 0.2) is 5.82 Å². The Labute approximate surface area is 116 Å². The molecule has 0 aliphatic rings. The Bertz CT molecular complexity index is 565. The number of hydrogen-bond donors (Lipinski definition) is 3. The molecule has 0 amide bonds. The zero-order valence-corrected chi connectivity index (χ0v) is 11.6. The number of halogens is 2. The van der Waals surface area contributed by atoms with Gasteiger partial charge in [-0.15, -0.1) is 0 Å². The van der Waals surface area contributed by atoms with E-state index in [0.717, 1.165) is 11.4 Å². The maximum Gasteiger partial charge on any atom is 0.169 e. The summed E-state index contributed by atoms with van der Waals surface area (Å²) in [5.41, 5.74) is 6.74. The third-order valence-corrected chi connectivity index (χ3v) is 3.19. The van der Waals surface area contributed by atoms with E-state index in [-0.39, 0.29) is 6.04 Å². The highest BCUT2D eigenvalue weighted by Gasteiger charge is 2.13. The maximum absolute atomic E-state index is 6.15. The van der Waals surface area contributed by atoms with Crippen LogP contribution in [0.25, 0.3) is 0 Å². The van der Waals surface area contributed by atoms with Gasteiger partial charge in [0.05, 0.1) is 6.04 Å². The minimum Gasteiger partial charge on any atom is -0.382 e. The molecule has 0 saturated carbocycles. The fourth-order valence-corrected chi connectivity index (χ4v) is 2.33.